The Bertz CT molecular complexity index is 1050. The highest BCUT2D eigenvalue weighted by molar-refractivity contribution is 4.95. The van der Waals surface area contributed by atoms with E-state index in [1.54, 1.807) is 0 Å². The van der Waals surface area contributed by atoms with Crippen LogP contribution in [0.4, 0.5) is 0 Å². The molecule has 286 valence electrons. The molecule has 12 N–H and O–H groups in total. The van der Waals surface area contributed by atoms with Gasteiger partial charge in [0.15, 0.2) is 31.5 Å². The van der Waals surface area contributed by atoms with Crippen molar-refractivity contribution in [2.24, 2.45) is 0 Å². The predicted molar refractivity (Wildman–Crippen MR) is 150 cm³/mol. The van der Waals surface area contributed by atoms with E-state index in [0.717, 1.165) is 0 Å². The molecule has 21 heteroatoms. The van der Waals surface area contributed by atoms with Gasteiger partial charge in [-0.3, -0.25) is 0 Å². The summed E-state index contributed by atoms with van der Waals surface area (Å²) < 4.78 is 50.6. The Morgan fingerprint density at radius 3 is 1.39 bits per heavy atom. The summed E-state index contributed by atoms with van der Waals surface area (Å²) in [6, 6.07) is 0. The average Bonchev–Trinajstić information content (AvgIpc) is 3.06. The number of aliphatic hydroxyl groups excluding tert-OH is 12. The van der Waals surface area contributed by atoms with Crippen molar-refractivity contribution < 1.29 is 104 Å². The highest BCUT2D eigenvalue weighted by Gasteiger charge is 2.54. The smallest absolute Gasteiger partial charge is 0.187 e. The van der Waals surface area contributed by atoms with E-state index in [-0.39, 0.29) is 0 Å². The molecule has 49 heavy (non-hydrogen) atoms. The second kappa shape index (κ2) is 16.0. The van der Waals surface area contributed by atoms with Gasteiger partial charge in [0.25, 0.3) is 0 Å². The fourth-order valence-corrected chi connectivity index (χ4v) is 6.23. The average molecular weight is 721 g/mol. The van der Waals surface area contributed by atoms with Crippen LogP contribution in [0.15, 0.2) is 0 Å². The topological polar surface area (TPSA) is 326 Å². The van der Waals surface area contributed by atoms with E-state index in [0.29, 0.717) is 0 Å². The van der Waals surface area contributed by atoms with Crippen molar-refractivity contribution in [3.63, 3.8) is 0 Å². The van der Waals surface area contributed by atoms with Gasteiger partial charge in [-0.1, -0.05) is 0 Å². The first kappa shape index (κ1) is 39.4. The van der Waals surface area contributed by atoms with E-state index in [9.17, 15) is 61.3 Å². The molecule has 1 unspecified atom stereocenters. The number of hydrogen-bond acceptors (Lipinski definition) is 21. The number of ether oxygens (including phenoxy) is 9. The van der Waals surface area contributed by atoms with Crippen LogP contribution in [0.25, 0.3) is 0 Å². The second-order valence-electron chi connectivity index (χ2n) is 13.0. The monoisotopic (exact) mass is 720 g/mol. The van der Waals surface area contributed by atoms with Crippen LogP contribution >= 0.6 is 0 Å². The fraction of sp³-hybridized carbons (Fsp3) is 1.00. The minimum Gasteiger partial charge on any atom is -0.388 e. The lowest BCUT2D eigenvalue weighted by Crippen LogP contribution is -2.66. The molecule has 0 bridgehead atoms. The summed E-state index contributed by atoms with van der Waals surface area (Å²) in [6.45, 7) is 3.18. The van der Waals surface area contributed by atoms with Crippen molar-refractivity contribution in [3.05, 3.63) is 0 Å². The molecular weight excluding hydrogens is 672 g/mol. The molecule has 5 heterocycles. The molecule has 23 atom stereocenters. The highest BCUT2D eigenvalue weighted by atomic mass is 16.8. The SMILES string of the molecule is C[C@H]1O[C@@H](O[C@H]2[C@H](O[C@@H]3CO[C@@H](O[C@H]4[C@H](O)[C@@H](C)OC(O)[C@@H]4O)[C@H](O[C@@H]4O[C@H](C)[C@@H](O)[C@H](O)[C@H]4O)[C@H]3O)OC[C@@H](O)[C@@H]2O)[C@H](O)[C@@H](O)[C@H]1O. The fourth-order valence-electron chi connectivity index (χ4n) is 6.23. The number of rotatable bonds is 8. The van der Waals surface area contributed by atoms with Gasteiger partial charge in [0.05, 0.1) is 31.5 Å². The standard InChI is InChI=1S/C28H48O21/c1-6-11(30)16(35)18(37)25(44-6)48-22-14(33)9(29)4-41-27(22)46-10-5-42-28(47-21-13(32)8(3)43-24(40)20(21)39)23(15(10)34)49-26-19(38)17(36)12(31)7(2)45-26/h6-40H,4-5H2,1-3H3/t6-,7-,8-,9-,10-,11+,12-,13-,14+,15+,16+,17+,18-,19-,20-,21+,22-,23-,24?,25+,26+,27+,28+/m1/s1. The van der Waals surface area contributed by atoms with Gasteiger partial charge in [0, 0.05) is 0 Å². The summed E-state index contributed by atoms with van der Waals surface area (Å²) in [7, 11) is 0. The number of aliphatic hydroxyl groups is 12. The molecule has 0 aliphatic carbocycles. The minimum absolute atomic E-state index is 0.479. The first-order chi connectivity index (χ1) is 23.0. The second-order valence-corrected chi connectivity index (χ2v) is 13.0. The van der Waals surface area contributed by atoms with Crippen molar-refractivity contribution in [2.75, 3.05) is 13.2 Å². The molecule has 0 radical (unpaired) electrons. The molecular formula is C28H48O21. The highest BCUT2D eigenvalue weighted by Crippen LogP contribution is 2.34. The zero-order chi connectivity index (χ0) is 36.1. The molecule has 5 fully saturated rings. The summed E-state index contributed by atoms with van der Waals surface area (Å²) in [4.78, 5) is 0. The van der Waals surface area contributed by atoms with Gasteiger partial charge in [0.1, 0.15) is 91.6 Å². The van der Waals surface area contributed by atoms with Crippen LogP contribution in [0.5, 0.6) is 0 Å². The molecule has 0 aromatic rings. The maximum Gasteiger partial charge on any atom is 0.187 e. The summed E-state index contributed by atoms with van der Waals surface area (Å²) in [5, 5.41) is 126. The zero-order valence-electron chi connectivity index (χ0n) is 26.7. The van der Waals surface area contributed by atoms with Crippen LogP contribution in [0, 0.1) is 0 Å². The largest absolute Gasteiger partial charge is 0.388 e. The summed E-state index contributed by atoms with van der Waals surface area (Å²) >= 11 is 0. The predicted octanol–water partition coefficient (Wildman–Crippen LogP) is -7.56. The molecule has 5 aliphatic rings. The van der Waals surface area contributed by atoms with E-state index in [2.05, 4.69) is 0 Å². The van der Waals surface area contributed by atoms with E-state index < -0.39 is 155 Å². The molecule has 0 amide bonds. The summed E-state index contributed by atoms with van der Waals surface area (Å²) in [5.41, 5.74) is 0. The van der Waals surface area contributed by atoms with Crippen LogP contribution < -0.4 is 0 Å². The van der Waals surface area contributed by atoms with Crippen LogP contribution in [0.2, 0.25) is 0 Å². The molecule has 5 aliphatic heterocycles. The van der Waals surface area contributed by atoms with Crippen molar-refractivity contribution in [1.82, 2.24) is 0 Å². The first-order valence-corrected chi connectivity index (χ1v) is 16.0. The van der Waals surface area contributed by atoms with Gasteiger partial charge in [-0.25, -0.2) is 0 Å². The van der Waals surface area contributed by atoms with Crippen LogP contribution in [-0.2, 0) is 42.6 Å². The lowest BCUT2D eigenvalue weighted by Gasteiger charge is -2.48. The van der Waals surface area contributed by atoms with E-state index in [1.807, 2.05) is 0 Å². The van der Waals surface area contributed by atoms with Gasteiger partial charge < -0.3 is 104 Å². The first-order valence-electron chi connectivity index (χ1n) is 16.0. The molecule has 21 nitrogen and oxygen atoms in total. The Hall–Kier alpha value is -0.840. The van der Waals surface area contributed by atoms with Crippen molar-refractivity contribution in [1.29, 1.82) is 0 Å². The molecule has 0 aromatic heterocycles. The van der Waals surface area contributed by atoms with Gasteiger partial charge in [0.2, 0.25) is 0 Å². The number of hydrogen-bond donors (Lipinski definition) is 12. The van der Waals surface area contributed by atoms with Crippen molar-refractivity contribution in [3.8, 4) is 0 Å². The zero-order valence-corrected chi connectivity index (χ0v) is 26.7. The van der Waals surface area contributed by atoms with Gasteiger partial charge >= 0.3 is 0 Å². The molecule has 5 rings (SSSR count). The third kappa shape index (κ3) is 8.07. The molecule has 0 saturated carbocycles. The Morgan fingerprint density at radius 1 is 0.388 bits per heavy atom. The van der Waals surface area contributed by atoms with Gasteiger partial charge in [-0.05, 0) is 20.8 Å². The normalized spacial score (nSPS) is 56.0. The molecule has 5 saturated heterocycles. The van der Waals surface area contributed by atoms with Crippen LogP contribution in [0.1, 0.15) is 20.8 Å². The Morgan fingerprint density at radius 2 is 0.837 bits per heavy atom. The third-order valence-corrected chi connectivity index (χ3v) is 9.44. The van der Waals surface area contributed by atoms with Crippen LogP contribution in [-0.4, -0.2) is 216 Å². The van der Waals surface area contributed by atoms with Gasteiger partial charge in [-0.15, -0.1) is 0 Å². The Balaban J connectivity index is 1.36. The van der Waals surface area contributed by atoms with Gasteiger partial charge in [-0.2, -0.15) is 0 Å². The summed E-state index contributed by atoms with van der Waals surface area (Å²) in [5.74, 6) is 0. The van der Waals surface area contributed by atoms with Crippen molar-refractivity contribution in [2.45, 2.75) is 162 Å². The maximum atomic E-state index is 11.6. The van der Waals surface area contributed by atoms with E-state index in [4.69, 9.17) is 42.6 Å². The van der Waals surface area contributed by atoms with E-state index >= 15 is 0 Å². The van der Waals surface area contributed by atoms with Crippen molar-refractivity contribution >= 4 is 0 Å². The lowest BCUT2D eigenvalue weighted by molar-refractivity contribution is -0.391. The Kier molecular flexibility index (Phi) is 12.9. The molecule has 0 aromatic carbocycles. The Labute approximate surface area is 279 Å². The quantitative estimate of drug-likeness (QED) is 0.111. The minimum atomic E-state index is -1.85. The summed E-state index contributed by atoms with van der Waals surface area (Å²) in [6.07, 6.45) is -36.3. The third-order valence-electron chi connectivity index (χ3n) is 9.44. The van der Waals surface area contributed by atoms with E-state index in [1.165, 1.54) is 20.8 Å². The lowest BCUT2D eigenvalue weighted by atomic mass is 9.98. The van der Waals surface area contributed by atoms with Crippen LogP contribution in [0.3, 0.4) is 0 Å². The molecule has 0 spiro atoms. The maximum absolute atomic E-state index is 11.6.